The van der Waals surface area contributed by atoms with Gasteiger partial charge in [0.15, 0.2) is 0 Å². The van der Waals surface area contributed by atoms with E-state index in [9.17, 15) is 4.79 Å². The van der Waals surface area contributed by atoms with Gasteiger partial charge in [-0.2, -0.15) is 11.8 Å². The van der Waals surface area contributed by atoms with Crippen LogP contribution in [-0.4, -0.2) is 34.4 Å². The third kappa shape index (κ3) is 3.20. The summed E-state index contributed by atoms with van der Waals surface area (Å²) < 4.78 is 0.846. The Labute approximate surface area is 120 Å². The Bertz CT molecular complexity index is 436. The summed E-state index contributed by atoms with van der Waals surface area (Å²) in [5.41, 5.74) is 7.05. The molecule has 0 radical (unpaired) electrons. The summed E-state index contributed by atoms with van der Waals surface area (Å²) in [5.74, 6) is 0.0713. The fourth-order valence-corrected chi connectivity index (χ4v) is 4.10. The van der Waals surface area contributed by atoms with E-state index in [0.29, 0.717) is 21.8 Å². The highest BCUT2D eigenvalue weighted by Crippen LogP contribution is 2.26. The summed E-state index contributed by atoms with van der Waals surface area (Å²) in [7, 11) is 0. The number of nitrogen functional groups attached to an aromatic ring is 1. The summed E-state index contributed by atoms with van der Waals surface area (Å²) in [6.45, 7) is 5.94. The van der Waals surface area contributed by atoms with Crippen molar-refractivity contribution in [1.82, 2.24) is 4.90 Å². The third-order valence-corrected chi connectivity index (χ3v) is 4.56. The molecule has 1 heterocycles. The van der Waals surface area contributed by atoms with E-state index >= 15 is 0 Å². The molecular formula is C13H17BrN2OS. The zero-order valence-corrected chi connectivity index (χ0v) is 12.9. The van der Waals surface area contributed by atoms with Gasteiger partial charge in [-0.3, -0.25) is 4.79 Å². The summed E-state index contributed by atoms with van der Waals surface area (Å²) in [6, 6.07) is 5.37. The van der Waals surface area contributed by atoms with Crippen LogP contribution in [-0.2, 0) is 0 Å². The quantitative estimate of drug-likeness (QED) is 0.806. The van der Waals surface area contributed by atoms with Gasteiger partial charge in [0, 0.05) is 39.3 Å². The molecule has 1 aliphatic heterocycles. The zero-order chi connectivity index (χ0) is 13.3. The van der Waals surface area contributed by atoms with Crippen molar-refractivity contribution < 1.29 is 4.79 Å². The van der Waals surface area contributed by atoms with Crippen molar-refractivity contribution in [2.24, 2.45) is 0 Å². The second kappa shape index (κ2) is 5.53. The van der Waals surface area contributed by atoms with Crippen LogP contribution in [0.5, 0.6) is 0 Å². The molecule has 1 aliphatic rings. The molecular weight excluding hydrogens is 312 g/mol. The lowest BCUT2D eigenvalue weighted by molar-refractivity contribution is 0.0753. The summed E-state index contributed by atoms with van der Waals surface area (Å²) in [4.78, 5) is 14.4. The van der Waals surface area contributed by atoms with Gasteiger partial charge in [-0.25, -0.2) is 0 Å². The number of benzene rings is 1. The predicted molar refractivity (Wildman–Crippen MR) is 81.0 cm³/mol. The van der Waals surface area contributed by atoms with Gasteiger partial charge in [-0.15, -0.1) is 0 Å². The molecule has 0 aromatic heterocycles. The lowest BCUT2D eigenvalue weighted by Gasteiger charge is -2.34. The van der Waals surface area contributed by atoms with Crippen LogP contribution in [0.25, 0.3) is 0 Å². The molecule has 2 unspecified atom stereocenters. The van der Waals surface area contributed by atoms with Gasteiger partial charge < -0.3 is 10.6 Å². The van der Waals surface area contributed by atoms with E-state index in [1.165, 1.54) is 0 Å². The Morgan fingerprint density at radius 1 is 1.33 bits per heavy atom. The second-order valence-electron chi connectivity index (χ2n) is 4.74. The SMILES string of the molecule is CC1CN(C(=O)c2cc(N)cc(Br)c2)CC(C)S1. The number of hydrogen-bond acceptors (Lipinski definition) is 3. The molecule has 2 N–H and O–H groups in total. The maximum Gasteiger partial charge on any atom is 0.254 e. The molecule has 1 aromatic carbocycles. The first-order valence-electron chi connectivity index (χ1n) is 5.96. The number of halogens is 1. The summed E-state index contributed by atoms with van der Waals surface area (Å²) in [5, 5.41) is 0.976. The molecule has 0 spiro atoms. The third-order valence-electron chi connectivity index (χ3n) is 2.87. The number of thioether (sulfide) groups is 1. The largest absolute Gasteiger partial charge is 0.399 e. The van der Waals surface area contributed by atoms with E-state index in [0.717, 1.165) is 17.6 Å². The first-order valence-corrected chi connectivity index (χ1v) is 7.70. The van der Waals surface area contributed by atoms with Crippen LogP contribution in [0.15, 0.2) is 22.7 Å². The van der Waals surface area contributed by atoms with Crippen molar-refractivity contribution in [3.63, 3.8) is 0 Å². The van der Waals surface area contributed by atoms with Crippen LogP contribution < -0.4 is 5.73 Å². The van der Waals surface area contributed by atoms with Crippen LogP contribution in [0, 0.1) is 0 Å². The standard InChI is InChI=1S/C13H17BrN2OS/c1-8-6-16(7-9(2)18-8)13(17)10-3-11(14)5-12(15)4-10/h3-5,8-9H,6-7,15H2,1-2H3. The normalized spacial score (nSPS) is 24.1. The molecule has 0 bridgehead atoms. The molecule has 1 amide bonds. The number of carbonyl (C=O) groups is 1. The first kappa shape index (κ1) is 13.7. The van der Waals surface area contributed by atoms with Gasteiger partial charge in [0.1, 0.15) is 0 Å². The molecule has 5 heteroatoms. The van der Waals surface area contributed by atoms with Crippen LogP contribution in [0.4, 0.5) is 5.69 Å². The smallest absolute Gasteiger partial charge is 0.254 e. The van der Waals surface area contributed by atoms with Gasteiger partial charge in [0.05, 0.1) is 0 Å². The summed E-state index contributed by atoms with van der Waals surface area (Å²) >= 11 is 5.31. The molecule has 1 aromatic rings. The number of anilines is 1. The Balaban J connectivity index is 2.20. The molecule has 0 aliphatic carbocycles. The van der Waals surface area contributed by atoms with E-state index in [1.54, 1.807) is 12.1 Å². The second-order valence-corrected chi connectivity index (χ2v) is 7.54. The lowest BCUT2D eigenvalue weighted by Crippen LogP contribution is -2.44. The molecule has 0 saturated carbocycles. The van der Waals surface area contributed by atoms with Crippen LogP contribution in [0.1, 0.15) is 24.2 Å². The minimum atomic E-state index is 0.0713. The van der Waals surface area contributed by atoms with E-state index < -0.39 is 0 Å². The van der Waals surface area contributed by atoms with Crippen LogP contribution in [0.3, 0.4) is 0 Å². The van der Waals surface area contributed by atoms with Crippen molar-refractivity contribution in [2.45, 2.75) is 24.3 Å². The topological polar surface area (TPSA) is 46.3 Å². The molecule has 2 atom stereocenters. The average molecular weight is 329 g/mol. The molecule has 3 nitrogen and oxygen atoms in total. The minimum Gasteiger partial charge on any atom is -0.399 e. The number of nitrogens with two attached hydrogens (primary N) is 1. The minimum absolute atomic E-state index is 0.0713. The highest BCUT2D eigenvalue weighted by Gasteiger charge is 2.26. The Hall–Kier alpha value is -0.680. The Morgan fingerprint density at radius 3 is 2.50 bits per heavy atom. The van der Waals surface area contributed by atoms with E-state index in [2.05, 4.69) is 29.8 Å². The zero-order valence-electron chi connectivity index (χ0n) is 10.5. The summed E-state index contributed by atoms with van der Waals surface area (Å²) in [6.07, 6.45) is 0. The van der Waals surface area contributed by atoms with E-state index in [4.69, 9.17) is 5.73 Å². The van der Waals surface area contributed by atoms with Crippen molar-refractivity contribution in [2.75, 3.05) is 18.8 Å². The maximum atomic E-state index is 12.4. The van der Waals surface area contributed by atoms with Crippen molar-refractivity contribution in [3.8, 4) is 0 Å². The number of rotatable bonds is 1. The monoisotopic (exact) mass is 328 g/mol. The fraction of sp³-hybridized carbons (Fsp3) is 0.462. The highest BCUT2D eigenvalue weighted by atomic mass is 79.9. The average Bonchev–Trinajstić information content (AvgIpc) is 2.25. The number of hydrogen-bond donors (Lipinski definition) is 1. The Kier molecular flexibility index (Phi) is 4.22. The lowest BCUT2D eigenvalue weighted by atomic mass is 10.1. The van der Waals surface area contributed by atoms with Gasteiger partial charge in [-0.05, 0) is 18.2 Å². The van der Waals surface area contributed by atoms with Crippen LogP contribution in [0.2, 0.25) is 0 Å². The molecule has 18 heavy (non-hydrogen) atoms. The fourth-order valence-electron chi connectivity index (χ4n) is 2.26. The number of carbonyl (C=O) groups excluding carboxylic acids is 1. The first-order chi connectivity index (χ1) is 8.45. The molecule has 2 rings (SSSR count). The molecule has 1 fully saturated rings. The van der Waals surface area contributed by atoms with Gasteiger partial charge in [0.25, 0.3) is 5.91 Å². The van der Waals surface area contributed by atoms with Gasteiger partial charge >= 0.3 is 0 Å². The highest BCUT2D eigenvalue weighted by molar-refractivity contribution is 9.10. The van der Waals surface area contributed by atoms with Crippen LogP contribution >= 0.6 is 27.7 Å². The maximum absolute atomic E-state index is 12.4. The number of amides is 1. The van der Waals surface area contributed by atoms with E-state index in [1.807, 2.05) is 22.7 Å². The van der Waals surface area contributed by atoms with Gasteiger partial charge in [0.2, 0.25) is 0 Å². The number of nitrogens with zero attached hydrogens (tertiary/aromatic N) is 1. The van der Waals surface area contributed by atoms with Crippen molar-refractivity contribution >= 4 is 39.3 Å². The van der Waals surface area contributed by atoms with Crippen molar-refractivity contribution in [3.05, 3.63) is 28.2 Å². The van der Waals surface area contributed by atoms with Crippen molar-refractivity contribution in [1.29, 1.82) is 0 Å². The molecule has 98 valence electrons. The van der Waals surface area contributed by atoms with E-state index in [-0.39, 0.29) is 5.91 Å². The Morgan fingerprint density at radius 2 is 1.94 bits per heavy atom. The van der Waals surface area contributed by atoms with Gasteiger partial charge in [-0.1, -0.05) is 29.8 Å². The predicted octanol–water partition coefficient (Wildman–Crippen LogP) is 3.00. The molecule has 1 saturated heterocycles.